The van der Waals surface area contributed by atoms with Crippen molar-refractivity contribution in [1.82, 2.24) is 10.2 Å². The summed E-state index contributed by atoms with van der Waals surface area (Å²) < 4.78 is 0. The topological polar surface area (TPSA) is 15.3 Å². The molecule has 2 rings (SSSR count). The molecule has 2 aliphatic heterocycles. The van der Waals surface area contributed by atoms with E-state index >= 15 is 0 Å². The fourth-order valence-corrected chi connectivity index (χ4v) is 2.29. The second kappa shape index (κ2) is 3.11. The van der Waals surface area contributed by atoms with E-state index in [1.807, 2.05) is 0 Å². The molecule has 0 saturated carbocycles. The summed E-state index contributed by atoms with van der Waals surface area (Å²) >= 11 is 0. The Bertz CT molecular complexity index is 136. The molecule has 0 spiro atoms. The van der Waals surface area contributed by atoms with E-state index in [0.717, 1.165) is 12.1 Å². The van der Waals surface area contributed by atoms with Gasteiger partial charge in [-0.15, -0.1) is 0 Å². The van der Waals surface area contributed by atoms with Crippen LogP contribution in [-0.2, 0) is 0 Å². The smallest absolute Gasteiger partial charge is 0.0221 e. The maximum absolute atomic E-state index is 3.60. The summed E-state index contributed by atoms with van der Waals surface area (Å²) in [6, 6.07) is 1.64. The lowest BCUT2D eigenvalue weighted by atomic mass is 10.1. The zero-order valence-corrected chi connectivity index (χ0v) is 7.34. The van der Waals surface area contributed by atoms with E-state index in [0.29, 0.717) is 0 Å². The molecule has 2 heterocycles. The Labute approximate surface area is 69.0 Å². The number of piperazine rings is 1. The Kier molecular flexibility index (Phi) is 2.14. The van der Waals surface area contributed by atoms with Gasteiger partial charge in [0, 0.05) is 25.2 Å². The van der Waals surface area contributed by atoms with Crippen molar-refractivity contribution in [3.05, 3.63) is 0 Å². The highest BCUT2D eigenvalue weighted by atomic mass is 15.2. The summed E-state index contributed by atoms with van der Waals surface area (Å²) in [5.41, 5.74) is 0. The van der Waals surface area contributed by atoms with Gasteiger partial charge in [0.25, 0.3) is 0 Å². The molecule has 0 radical (unpaired) electrons. The quantitative estimate of drug-likeness (QED) is 0.602. The first-order valence-electron chi connectivity index (χ1n) is 4.87. The van der Waals surface area contributed by atoms with Crippen molar-refractivity contribution in [1.29, 1.82) is 0 Å². The van der Waals surface area contributed by atoms with E-state index < -0.39 is 0 Å². The maximum Gasteiger partial charge on any atom is 0.0221 e. The third kappa shape index (κ3) is 1.42. The summed E-state index contributed by atoms with van der Waals surface area (Å²) in [4.78, 5) is 2.66. The molecule has 0 aromatic carbocycles. The SMILES string of the molecule is CC[C@H]1CN2CCC[C@H]2CN1. The van der Waals surface area contributed by atoms with Gasteiger partial charge >= 0.3 is 0 Å². The van der Waals surface area contributed by atoms with Crippen molar-refractivity contribution in [3.8, 4) is 0 Å². The number of nitrogens with zero attached hydrogens (tertiary/aromatic N) is 1. The monoisotopic (exact) mass is 154 g/mol. The van der Waals surface area contributed by atoms with E-state index in [-0.39, 0.29) is 0 Å². The zero-order chi connectivity index (χ0) is 7.68. The van der Waals surface area contributed by atoms with Crippen molar-refractivity contribution in [2.45, 2.75) is 38.3 Å². The zero-order valence-electron chi connectivity index (χ0n) is 7.34. The molecule has 64 valence electrons. The summed E-state index contributed by atoms with van der Waals surface area (Å²) in [5, 5.41) is 3.60. The lowest BCUT2D eigenvalue weighted by Gasteiger charge is -2.35. The van der Waals surface area contributed by atoms with Gasteiger partial charge < -0.3 is 5.32 Å². The van der Waals surface area contributed by atoms with Crippen molar-refractivity contribution >= 4 is 0 Å². The molecule has 0 aliphatic carbocycles. The Hall–Kier alpha value is -0.0800. The van der Waals surface area contributed by atoms with Gasteiger partial charge in [-0.2, -0.15) is 0 Å². The third-order valence-corrected chi connectivity index (χ3v) is 3.09. The molecule has 0 aromatic rings. The van der Waals surface area contributed by atoms with Crippen LogP contribution in [0.2, 0.25) is 0 Å². The first-order valence-corrected chi connectivity index (χ1v) is 4.87. The van der Waals surface area contributed by atoms with Crippen molar-refractivity contribution in [3.63, 3.8) is 0 Å². The van der Waals surface area contributed by atoms with Crippen LogP contribution in [0.25, 0.3) is 0 Å². The third-order valence-electron chi connectivity index (χ3n) is 3.09. The summed E-state index contributed by atoms with van der Waals surface area (Å²) in [5.74, 6) is 0. The fourth-order valence-electron chi connectivity index (χ4n) is 2.29. The highest BCUT2D eigenvalue weighted by Crippen LogP contribution is 2.20. The van der Waals surface area contributed by atoms with Crippen LogP contribution in [0.3, 0.4) is 0 Å². The lowest BCUT2D eigenvalue weighted by molar-refractivity contribution is 0.171. The van der Waals surface area contributed by atoms with E-state index in [2.05, 4.69) is 17.1 Å². The molecule has 2 atom stereocenters. The lowest BCUT2D eigenvalue weighted by Crippen LogP contribution is -2.53. The molecule has 0 bridgehead atoms. The normalized spacial score (nSPS) is 39.0. The first kappa shape index (κ1) is 7.56. The van der Waals surface area contributed by atoms with Gasteiger partial charge in [-0.1, -0.05) is 6.92 Å². The Balaban J connectivity index is 1.91. The van der Waals surface area contributed by atoms with Crippen molar-refractivity contribution < 1.29 is 0 Å². The fraction of sp³-hybridized carbons (Fsp3) is 1.00. The van der Waals surface area contributed by atoms with Gasteiger partial charge in [0.2, 0.25) is 0 Å². The molecule has 11 heavy (non-hydrogen) atoms. The van der Waals surface area contributed by atoms with Crippen LogP contribution in [0.5, 0.6) is 0 Å². The Morgan fingerprint density at radius 1 is 1.55 bits per heavy atom. The van der Waals surface area contributed by atoms with Gasteiger partial charge in [-0.05, 0) is 25.8 Å². The minimum absolute atomic E-state index is 0.768. The Morgan fingerprint density at radius 2 is 2.45 bits per heavy atom. The van der Waals surface area contributed by atoms with Crippen LogP contribution >= 0.6 is 0 Å². The molecule has 2 saturated heterocycles. The molecule has 2 heteroatoms. The molecule has 2 aliphatic rings. The predicted octanol–water partition coefficient (Wildman–Crippen LogP) is 0.833. The minimum Gasteiger partial charge on any atom is -0.311 e. The molecule has 2 fully saturated rings. The Morgan fingerprint density at radius 3 is 3.27 bits per heavy atom. The largest absolute Gasteiger partial charge is 0.311 e. The molecular weight excluding hydrogens is 136 g/mol. The highest BCUT2D eigenvalue weighted by Gasteiger charge is 2.29. The molecule has 2 nitrogen and oxygen atoms in total. The van der Waals surface area contributed by atoms with Crippen LogP contribution in [-0.4, -0.2) is 36.6 Å². The van der Waals surface area contributed by atoms with Gasteiger partial charge in [-0.25, -0.2) is 0 Å². The molecule has 0 aromatic heterocycles. The number of hydrogen-bond donors (Lipinski definition) is 1. The number of hydrogen-bond acceptors (Lipinski definition) is 2. The standard InChI is InChI=1S/C9H18N2/c1-2-8-7-11-5-3-4-9(11)6-10-8/h8-10H,2-7H2,1H3/t8-,9-/m0/s1. The van der Waals surface area contributed by atoms with E-state index in [1.165, 1.54) is 38.9 Å². The predicted molar refractivity (Wildman–Crippen MR) is 46.7 cm³/mol. The summed E-state index contributed by atoms with van der Waals surface area (Å²) in [6.07, 6.45) is 4.12. The second-order valence-electron chi connectivity index (χ2n) is 3.80. The van der Waals surface area contributed by atoms with Crippen LogP contribution < -0.4 is 5.32 Å². The van der Waals surface area contributed by atoms with Crippen LogP contribution in [0.4, 0.5) is 0 Å². The molecule has 0 amide bonds. The van der Waals surface area contributed by atoms with Crippen LogP contribution in [0.1, 0.15) is 26.2 Å². The average Bonchev–Trinajstić information content (AvgIpc) is 2.50. The molecule has 0 unspecified atom stereocenters. The number of rotatable bonds is 1. The number of fused-ring (bicyclic) bond motifs is 1. The minimum atomic E-state index is 0.768. The van der Waals surface area contributed by atoms with Gasteiger partial charge in [0.1, 0.15) is 0 Å². The van der Waals surface area contributed by atoms with E-state index in [1.54, 1.807) is 0 Å². The van der Waals surface area contributed by atoms with Crippen molar-refractivity contribution in [2.75, 3.05) is 19.6 Å². The molecule has 1 N–H and O–H groups in total. The van der Waals surface area contributed by atoms with E-state index in [9.17, 15) is 0 Å². The van der Waals surface area contributed by atoms with Crippen LogP contribution in [0.15, 0.2) is 0 Å². The van der Waals surface area contributed by atoms with Gasteiger partial charge in [-0.3, -0.25) is 4.90 Å². The van der Waals surface area contributed by atoms with E-state index in [4.69, 9.17) is 0 Å². The highest BCUT2D eigenvalue weighted by molar-refractivity contribution is 4.89. The van der Waals surface area contributed by atoms with Gasteiger partial charge in [0.05, 0.1) is 0 Å². The second-order valence-corrected chi connectivity index (χ2v) is 3.80. The summed E-state index contributed by atoms with van der Waals surface area (Å²) in [7, 11) is 0. The first-order chi connectivity index (χ1) is 5.40. The molecular formula is C9H18N2. The number of nitrogens with one attached hydrogen (secondary N) is 1. The van der Waals surface area contributed by atoms with Gasteiger partial charge in [0.15, 0.2) is 0 Å². The van der Waals surface area contributed by atoms with Crippen molar-refractivity contribution in [2.24, 2.45) is 0 Å². The maximum atomic E-state index is 3.60. The summed E-state index contributed by atoms with van der Waals surface area (Å²) in [6.45, 7) is 6.15. The van der Waals surface area contributed by atoms with Crippen LogP contribution in [0, 0.1) is 0 Å². The average molecular weight is 154 g/mol.